The smallest absolute Gasteiger partial charge is 0.122 e. The summed E-state index contributed by atoms with van der Waals surface area (Å²) in [5.74, 6) is 0.902. The number of hydrogen-bond donors (Lipinski definition) is 1. The highest BCUT2D eigenvalue weighted by Crippen LogP contribution is 2.24. The van der Waals surface area contributed by atoms with Gasteiger partial charge in [0.2, 0.25) is 0 Å². The zero-order valence-electron chi connectivity index (χ0n) is 11.3. The van der Waals surface area contributed by atoms with Crippen molar-refractivity contribution in [2.24, 2.45) is 5.73 Å². The van der Waals surface area contributed by atoms with Gasteiger partial charge in [0.25, 0.3) is 0 Å². The minimum Gasteiger partial charge on any atom is -0.496 e. The van der Waals surface area contributed by atoms with Gasteiger partial charge in [-0.25, -0.2) is 0 Å². The second-order valence-electron chi connectivity index (χ2n) is 4.40. The van der Waals surface area contributed by atoms with Gasteiger partial charge in [-0.15, -0.1) is 11.8 Å². The van der Waals surface area contributed by atoms with Gasteiger partial charge in [0.1, 0.15) is 5.75 Å². The number of rotatable bonds is 5. The third kappa shape index (κ3) is 3.52. The Morgan fingerprint density at radius 1 is 1.11 bits per heavy atom. The third-order valence-electron chi connectivity index (χ3n) is 3.18. The van der Waals surface area contributed by atoms with Gasteiger partial charge in [0, 0.05) is 10.9 Å². The van der Waals surface area contributed by atoms with Crippen LogP contribution >= 0.6 is 11.8 Å². The highest BCUT2D eigenvalue weighted by Gasteiger charge is 2.10. The van der Waals surface area contributed by atoms with Crippen molar-refractivity contribution < 1.29 is 4.74 Å². The lowest BCUT2D eigenvalue weighted by atomic mass is 9.99. The van der Waals surface area contributed by atoms with Gasteiger partial charge < -0.3 is 10.5 Å². The number of ether oxygens (including phenoxy) is 1. The third-order valence-corrected chi connectivity index (χ3v) is 3.92. The van der Waals surface area contributed by atoms with E-state index < -0.39 is 0 Å². The average Bonchev–Trinajstić information content (AvgIpc) is 2.48. The van der Waals surface area contributed by atoms with Gasteiger partial charge in [-0.2, -0.15) is 0 Å². The molecule has 2 aromatic carbocycles. The molecule has 2 nitrogen and oxygen atoms in total. The molecule has 0 fully saturated rings. The van der Waals surface area contributed by atoms with Crippen LogP contribution < -0.4 is 10.5 Å². The molecule has 2 rings (SSSR count). The summed E-state index contributed by atoms with van der Waals surface area (Å²) in [6.45, 7) is 0. The van der Waals surface area contributed by atoms with Crippen LogP contribution in [0.25, 0.3) is 0 Å². The Morgan fingerprint density at radius 2 is 1.79 bits per heavy atom. The predicted octanol–water partition coefficient (Wildman–Crippen LogP) is 3.66. The molecule has 0 spiro atoms. The van der Waals surface area contributed by atoms with Crippen molar-refractivity contribution >= 4 is 11.8 Å². The molecule has 1 unspecified atom stereocenters. The summed E-state index contributed by atoms with van der Waals surface area (Å²) in [6, 6.07) is 16.4. The number of methoxy groups -OCH3 is 1. The van der Waals surface area contributed by atoms with Crippen LogP contribution in [-0.4, -0.2) is 13.4 Å². The fourth-order valence-corrected chi connectivity index (χ4v) is 2.49. The van der Waals surface area contributed by atoms with Crippen LogP contribution in [0, 0.1) is 0 Å². The molecule has 3 heteroatoms. The number of hydrogen-bond acceptors (Lipinski definition) is 3. The van der Waals surface area contributed by atoms with Gasteiger partial charge in [0.05, 0.1) is 7.11 Å². The normalized spacial score (nSPS) is 12.2. The molecule has 100 valence electrons. The van der Waals surface area contributed by atoms with Crippen molar-refractivity contribution in [1.82, 2.24) is 0 Å². The largest absolute Gasteiger partial charge is 0.496 e. The van der Waals surface area contributed by atoms with E-state index in [9.17, 15) is 0 Å². The first-order valence-electron chi connectivity index (χ1n) is 6.26. The first kappa shape index (κ1) is 14.0. The maximum Gasteiger partial charge on any atom is 0.122 e. The molecular weight excluding hydrogens is 254 g/mol. The Bertz CT molecular complexity index is 525. The monoisotopic (exact) mass is 273 g/mol. The highest BCUT2D eigenvalue weighted by molar-refractivity contribution is 7.98. The standard InChI is InChI=1S/C16H19NOS/c1-18-16-6-4-3-5-13(16)11-15(17)12-7-9-14(19-2)10-8-12/h3-10,15H,11,17H2,1-2H3. The van der Waals surface area contributed by atoms with Gasteiger partial charge in [-0.3, -0.25) is 0 Å². The van der Waals surface area contributed by atoms with Crippen molar-refractivity contribution in [3.8, 4) is 5.75 Å². The second kappa shape index (κ2) is 6.64. The van der Waals surface area contributed by atoms with E-state index in [-0.39, 0.29) is 6.04 Å². The van der Waals surface area contributed by atoms with Crippen LogP contribution in [0.1, 0.15) is 17.2 Å². The Labute approximate surface area is 119 Å². The average molecular weight is 273 g/mol. The topological polar surface area (TPSA) is 35.2 Å². The summed E-state index contributed by atoms with van der Waals surface area (Å²) in [6.07, 6.45) is 2.85. The molecule has 0 saturated carbocycles. The van der Waals surface area contributed by atoms with Gasteiger partial charge in [0.15, 0.2) is 0 Å². The summed E-state index contributed by atoms with van der Waals surface area (Å²) >= 11 is 1.74. The van der Waals surface area contributed by atoms with E-state index in [1.54, 1.807) is 18.9 Å². The molecule has 0 radical (unpaired) electrons. The van der Waals surface area contributed by atoms with E-state index in [1.807, 2.05) is 18.2 Å². The van der Waals surface area contributed by atoms with Crippen molar-refractivity contribution in [3.05, 3.63) is 59.7 Å². The molecule has 0 aliphatic heterocycles. The minimum absolute atomic E-state index is 0.00722. The predicted molar refractivity (Wildman–Crippen MR) is 81.8 cm³/mol. The molecule has 0 aliphatic carbocycles. The summed E-state index contributed by atoms with van der Waals surface area (Å²) < 4.78 is 5.36. The first-order valence-corrected chi connectivity index (χ1v) is 7.48. The molecular formula is C16H19NOS. The van der Waals surface area contributed by atoms with Crippen molar-refractivity contribution in [2.45, 2.75) is 17.4 Å². The molecule has 1 atom stereocenters. The van der Waals surface area contributed by atoms with E-state index in [4.69, 9.17) is 10.5 Å². The van der Waals surface area contributed by atoms with Crippen molar-refractivity contribution in [2.75, 3.05) is 13.4 Å². The maximum atomic E-state index is 6.28. The Hall–Kier alpha value is -1.45. The Balaban J connectivity index is 2.13. The SMILES string of the molecule is COc1ccccc1CC(N)c1ccc(SC)cc1. The number of thioether (sulfide) groups is 1. The van der Waals surface area contributed by atoms with Gasteiger partial charge >= 0.3 is 0 Å². The zero-order chi connectivity index (χ0) is 13.7. The summed E-state index contributed by atoms with van der Waals surface area (Å²) in [7, 11) is 1.69. The number of nitrogens with two attached hydrogens (primary N) is 1. The van der Waals surface area contributed by atoms with Crippen LogP contribution in [0.4, 0.5) is 0 Å². The Kier molecular flexibility index (Phi) is 4.88. The van der Waals surface area contributed by atoms with Crippen molar-refractivity contribution in [3.63, 3.8) is 0 Å². The number of benzene rings is 2. The molecule has 0 saturated heterocycles. The van der Waals surface area contributed by atoms with E-state index in [1.165, 1.54) is 4.90 Å². The van der Waals surface area contributed by atoms with Crippen LogP contribution in [0.15, 0.2) is 53.4 Å². The highest BCUT2D eigenvalue weighted by atomic mass is 32.2. The molecule has 0 heterocycles. The second-order valence-corrected chi connectivity index (χ2v) is 5.28. The molecule has 0 amide bonds. The van der Waals surface area contributed by atoms with Crippen LogP contribution in [0.2, 0.25) is 0 Å². The first-order chi connectivity index (χ1) is 9.24. The lowest BCUT2D eigenvalue weighted by Gasteiger charge is -2.15. The molecule has 2 aromatic rings. The molecule has 2 N–H and O–H groups in total. The lowest BCUT2D eigenvalue weighted by molar-refractivity contribution is 0.408. The van der Waals surface area contributed by atoms with Crippen LogP contribution in [0.5, 0.6) is 5.75 Å². The van der Waals surface area contributed by atoms with E-state index in [0.29, 0.717) is 0 Å². The fraction of sp³-hybridized carbons (Fsp3) is 0.250. The molecule has 0 bridgehead atoms. The number of para-hydroxylation sites is 1. The summed E-state index contributed by atoms with van der Waals surface area (Å²) in [4.78, 5) is 1.26. The van der Waals surface area contributed by atoms with Gasteiger partial charge in [-0.1, -0.05) is 30.3 Å². The fourth-order valence-electron chi connectivity index (χ4n) is 2.08. The minimum atomic E-state index is -0.00722. The van der Waals surface area contributed by atoms with E-state index >= 15 is 0 Å². The van der Waals surface area contributed by atoms with E-state index in [0.717, 1.165) is 23.3 Å². The van der Waals surface area contributed by atoms with Gasteiger partial charge in [-0.05, 0) is 42.0 Å². The summed E-state index contributed by atoms with van der Waals surface area (Å²) in [5.41, 5.74) is 8.58. The maximum absolute atomic E-state index is 6.28. The summed E-state index contributed by atoms with van der Waals surface area (Å²) in [5, 5.41) is 0. The van der Waals surface area contributed by atoms with Crippen LogP contribution in [0.3, 0.4) is 0 Å². The zero-order valence-corrected chi connectivity index (χ0v) is 12.1. The van der Waals surface area contributed by atoms with Crippen LogP contribution in [-0.2, 0) is 6.42 Å². The molecule has 0 aliphatic rings. The van der Waals surface area contributed by atoms with Crippen molar-refractivity contribution in [1.29, 1.82) is 0 Å². The molecule has 0 aromatic heterocycles. The Morgan fingerprint density at radius 3 is 2.42 bits per heavy atom. The van der Waals surface area contributed by atoms with E-state index in [2.05, 4.69) is 36.6 Å². The lowest BCUT2D eigenvalue weighted by Crippen LogP contribution is -2.13. The quantitative estimate of drug-likeness (QED) is 0.844. The molecule has 19 heavy (non-hydrogen) atoms.